The Kier molecular flexibility index (Phi) is 5.02. The lowest BCUT2D eigenvalue weighted by molar-refractivity contribution is -0.160. The third-order valence-electron chi connectivity index (χ3n) is 2.84. The van der Waals surface area contributed by atoms with Crippen LogP contribution in [-0.2, 0) is 10.0 Å². The van der Waals surface area contributed by atoms with Gasteiger partial charge < -0.3 is 5.32 Å². The van der Waals surface area contributed by atoms with E-state index in [2.05, 4.69) is 5.32 Å². The Bertz CT molecular complexity index is 364. The van der Waals surface area contributed by atoms with E-state index in [9.17, 15) is 21.6 Å². The van der Waals surface area contributed by atoms with Crippen molar-refractivity contribution in [3.63, 3.8) is 0 Å². The zero-order valence-corrected chi connectivity index (χ0v) is 11.1. The summed E-state index contributed by atoms with van der Waals surface area (Å²) in [6.45, 7) is 3.25. The molecule has 0 aromatic heterocycles. The predicted molar refractivity (Wildman–Crippen MR) is 62.7 cm³/mol. The van der Waals surface area contributed by atoms with Crippen molar-refractivity contribution in [2.75, 3.05) is 18.8 Å². The van der Waals surface area contributed by atoms with E-state index < -0.39 is 21.7 Å². The van der Waals surface area contributed by atoms with Gasteiger partial charge in [0.2, 0.25) is 10.0 Å². The monoisotopic (exact) mass is 288 g/mol. The molecule has 18 heavy (non-hydrogen) atoms. The van der Waals surface area contributed by atoms with Gasteiger partial charge in [0.05, 0.1) is 5.75 Å². The third kappa shape index (κ3) is 4.40. The van der Waals surface area contributed by atoms with Crippen LogP contribution in [0.2, 0.25) is 0 Å². The lowest BCUT2D eigenvalue weighted by Crippen LogP contribution is -2.48. The fourth-order valence-electron chi connectivity index (χ4n) is 1.61. The zero-order chi connectivity index (χ0) is 13.9. The van der Waals surface area contributed by atoms with Gasteiger partial charge in [-0.25, -0.2) is 8.42 Å². The Balaban J connectivity index is 2.37. The molecule has 0 aromatic rings. The quantitative estimate of drug-likeness (QED) is 0.664. The number of alkyl halides is 3. The molecule has 0 heterocycles. The summed E-state index contributed by atoms with van der Waals surface area (Å²) in [5.41, 5.74) is -2.19. The molecule has 1 aliphatic rings. The average molecular weight is 288 g/mol. The van der Waals surface area contributed by atoms with Crippen molar-refractivity contribution in [2.24, 2.45) is 0 Å². The van der Waals surface area contributed by atoms with Crippen LogP contribution >= 0.6 is 0 Å². The number of sulfonamides is 1. The van der Waals surface area contributed by atoms with Gasteiger partial charge >= 0.3 is 6.18 Å². The van der Waals surface area contributed by atoms with Gasteiger partial charge in [-0.1, -0.05) is 6.92 Å². The summed E-state index contributed by atoms with van der Waals surface area (Å²) < 4.78 is 62.6. The molecule has 0 saturated heterocycles. The van der Waals surface area contributed by atoms with Crippen LogP contribution in [0.1, 0.15) is 32.6 Å². The largest absolute Gasteiger partial charge is 0.407 e. The highest BCUT2D eigenvalue weighted by Gasteiger charge is 2.65. The normalized spacial score (nSPS) is 18.9. The zero-order valence-electron chi connectivity index (χ0n) is 10.3. The minimum absolute atomic E-state index is 0.163. The van der Waals surface area contributed by atoms with E-state index >= 15 is 0 Å². The maximum Gasteiger partial charge on any atom is 0.407 e. The summed E-state index contributed by atoms with van der Waals surface area (Å²) in [5, 5.41) is 3.00. The van der Waals surface area contributed by atoms with Gasteiger partial charge in [0, 0.05) is 0 Å². The Morgan fingerprint density at radius 1 is 1.22 bits per heavy atom. The molecule has 1 aliphatic carbocycles. The van der Waals surface area contributed by atoms with E-state index in [-0.39, 0.29) is 18.6 Å². The van der Waals surface area contributed by atoms with Gasteiger partial charge in [-0.2, -0.15) is 17.9 Å². The second-order valence-corrected chi connectivity index (χ2v) is 6.45. The molecule has 108 valence electrons. The highest BCUT2D eigenvalue weighted by atomic mass is 32.2. The second kappa shape index (κ2) is 5.75. The van der Waals surface area contributed by atoms with E-state index in [1.807, 2.05) is 6.92 Å². The molecule has 0 bridgehead atoms. The van der Waals surface area contributed by atoms with Gasteiger partial charge in [0.25, 0.3) is 0 Å². The molecule has 0 aromatic carbocycles. The lowest BCUT2D eigenvalue weighted by atomic mass is 10.3. The molecular formula is C10H19F3N2O2S. The Morgan fingerprint density at radius 2 is 1.83 bits per heavy atom. The highest BCUT2D eigenvalue weighted by molar-refractivity contribution is 7.89. The minimum Gasteiger partial charge on any atom is -0.317 e. The molecule has 0 atom stereocenters. The van der Waals surface area contributed by atoms with Gasteiger partial charge in [-0.3, -0.25) is 0 Å². The number of nitrogens with one attached hydrogen (secondary N) is 2. The summed E-state index contributed by atoms with van der Waals surface area (Å²) in [5.74, 6) is -0.276. The fourth-order valence-corrected chi connectivity index (χ4v) is 3.15. The highest BCUT2D eigenvalue weighted by Crippen LogP contribution is 2.49. The van der Waals surface area contributed by atoms with Gasteiger partial charge in [0.15, 0.2) is 0 Å². The van der Waals surface area contributed by atoms with Crippen molar-refractivity contribution in [3.8, 4) is 0 Å². The van der Waals surface area contributed by atoms with Crippen LogP contribution < -0.4 is 10.0 Å². The Hall–Kier alpha value is -0.340. The molecule has 1 fully saturated rings. The molecule has 0 aliphatic heterocycles. The van der Waals surface area contributed by atoms with Crippen LogP contribution in [0.3, 0.4) is 0 Å². The Morgan fingerprint density at radius 3 is 2.28 bits per heavy atom. The summed E-state index contributed by atoms with van der Waals surface area (Å²) in [4.78, 5) is 0. The summed E-state index contributed by atoms with van der Waals surface area (Å²) in [6, 6.07) is 0. The molecular weight excluding hydrogens is 269 g/mol. The molecule has 0 spiro atoms. The molecule has 0 amide bonds. The van der Waals surface area contributed by atoms with Gasteiger partial charge in [-0.15, -0.1) is 0 Å². The van der Waals surface area contributed by atoms with E-state index in [1.165, 1.54) is 0 Å². The van der Waals surface area contributed by atoms with Gasteiger partial charge in [-0.05, 0) is 38.8 Å². The number of hydrogen-bond donors (Lipinski definition) is 2. The molecule has 1 saturated carbocycles. The fraction of sp³-hybridized carbons (Fsp3) is 1.00. The first kappa shape index (κ1) is 15.7. The third-order valence-corrected chi connectivity index (χ3v) is 4.36. The first-order chi connectivity index (χ1) is 8.22. The molecule has 1 rings (SSSR count). The first-order valence-electron chi connectivity index (χ1n) is 6.01. The summed E-state index contributed by atoms with van der Waals surface area (Å²) >= 11 is 0. The summed E-state index contributed by atoms with van der Waals surface area (Å²) in [6.07, 6.45) is -3.58. The molecule has 2 N–H and O–H groups in total. The maximum absolute atomic E-state index is 12.6. The van der Waals surface area contributed by atoms with Crippen LogP contribution in [0, 0.1) is 0 Å². The SMILES string of the molecule is CCCNCCCS(=O)(=O)NC1(C(F)(F)F)CC1. The first-order valence-corrected chi connectivity index (χ1v) is 7.67. The van der Waals surface area contributed by atoms with E-state index in [0.717, 1.165) is 13.0 Å². The smallest absolute Gasteiger partial charge is 0.317 e. The number of hydrogen-bond acceptors (Lipinski definition) is 3. The predicted octanol–water partition coefficient (Wildman–Crippen LogP) is 1.39. The minimum atomic E-state index is -4.50. The van der Waals surface area contributed by atoms with Crippen LogP contribution in [0.15, 0.2) is 0 Å². The Labute approximate surface area is 105 Å². The average Bonchev–Trinajstić information content (AvgIpc) is 2.96. The van der Waals surface area contributed by atoms with Gasteiger partial charge in [0.1, 0.15) is 5.54 Å². The van der Waals surface area contributed by atoms with E-state index in [1.54, 1.807) is 4.72 Å². The van der Waals surface area contributed by atoms with Crippen molar-refractivity contribution in [1.82, 2.24) is 10.0 Å². The molecule has 8 heteroatoms. The van der Waals surface area contributed by atoms with Crippen LogP contribution in [0.5, 0.6) is 0 Å². The van der Waals surface area contributed by atoms with Crippen LogP contribution in [-0.4, -0.2) is 39.0 Å². The van der Waals surface area contributed by atoms with Crippen molar-refractivity contribution in [2.45, 2.75) is 44.3 Å². The second-order valence-electron chi connectivity index (χ2n) is 4.60. The molecule has 4 nitrogen and oxygen atoms in total. The summed E-state index contributed by atoms with van der Waals surface area (Å²) in [7, 11) is -3.86. The topological polar surface area (TPSA) is 58.2 Å². The maximum atomic E-state index is 12.6. The van der Waals surface area contributed by atoms with Crippen molar-refractivity contribution < 1.29 is 21.6 Å². The standard InChI is InChI=1S/C10H19F3N2O2S/c1-2-6-14-7-3-8-18(16,17)15-9(4-5-9)10(11,12)13/h14-15H,2-8H2,1H3. The molecule has 0 unspecified atom stereocenters. The van der Waals surface area contributed by atoms with E-state index in [4.69, 9.17) is 0 Å². The molecule has 0 radical (unpaired) electrons. The number of rotatable bonds is 8. The van der Waals surface area contributed by atoms with E-state index in [0.29, 0.717) is 13.0 Å². The van der Waals surface area contributed by atoms with Crippen LogP contribution in [0.4, 0.5) is 13.2 Å². The van der Waals surface area contributed by atoms with Crippen molar-refractivity contribution in [1.29, 1.82) is 0 Å². The number of halogens is 3. The van der Waals surface area contributed by atoms with Crippen molar-refractivity contribution in [3.05, 3.63) is 0 Å². The van der Waals surface area contributed by atoms with Crippen molar-refractivity contribution >= 4 is 10.0 Å². The van der Waals surface area contributed by atoms with Crippen LogP contribution in [0.25, 0.3) is 0 Å². The lowest BCUT2D eigenvalue weighted by Gasteiger charge is -2.20.